The van der Waals surface area contributed by atoms with E-state index in [0.717, 1.165) is 39.3 Å². The van der Waals surface area contributed by atoms with Crippen LogP contribution in [0.2, 0.25) is 0 Å². The topological polar surface area (TPSA) is 97.7 Å². The predicted octanol–water partition coefficient (Wildman–Crippen LogP) is 4.69. The lowest BCUT2D eigenvalue weighted by Gasteiger charge is -2.12. The fourth-order valence-electron chi connectivity index (χ4n) is 3.85. The molecular weight excluding hydrogens is 485 g/mol. The number of hydrogen-bond acceptors (Lipinski definition) is 6. The zero-order chi connectivity index (χ0) is 26.0. The summed E-state index contributed by atoms with van der Waals surface area (Å²) in [6, 6.07) is 14.0. The molecule has 1 fully saturated rings. The number of nitrogens with zero attached hydrogens (tertiary/aromatic N) is 2. The molecule has 0 unspecified atom stereocenters. The third-order valence-corrected chi connectivity index (χ3v) is 6.51. The highest BCUT2D eigenvalue weighted by Crippen LogP contribution is 2.33. The average molecular weight is 508 g/mol. The maximum atomic E-state index is 13.0. The number of aryl methyl sites for hydroxylation is 1. The van der Waals surface area contributed by atoms with Crippen LogP contribution in [-0.2, 0) is 14.3 Å². The third kappa shape index (κ3) is 5.08. The van der Waals surface area contributed by atoms with E-state index in [1.165, 1.54) is 31.4 Å². The van der Waals surface area contributed by atoms with Gasteiger partial charge in [0.05, 0.1) is 17.6 Å². The summed E-state index contributed by atoms with van der Waals surface area (Å²) in [6.45, 7) is 3.34. The van der Waals surface area contributed by atoms with Crippen molar-refractivity contribution in [1.82, 2.24) is 9.47 Å². The molecule has 10 heteroatoms. The Hall–Kier alpha value is -4.18. The molecule has 184 valence electrons. The number of anilines is 1. The van der Waals surface area contributed by atoms with Crippen LogP contribution >= 0.6 is 11.8 Å². The summed E-state index contributed by atoms with van der Waals surface area (Å²) < 4.78 is 19.7. The Morgan fingerprint density at radius 1 is 1.06 bits per heavy atom. The summed E-state index contributed by atoms with van der Waals surface area (Å²) in [6.07, 6.45) is 1.63. The van der Waals surface area contributed by atoms with Gasteiger partial charge in [-0.25, -0.2) is 9.18 Å². The number of thioether (sulfide) groups is 1. The summed E-state index contributed by atoms with van der Waals surface area (Å²) in [7, 11) is 1.32. The van der Waals surface area contributed by atoms with Gasteiger partial charge < -0.3 is 14.6 Å². The number of nitrogens with one attached hydrogen (secondary N) is 1. The first kappa shape index (κ1) is 24.9. The van der Waals surface area contributed by atoms with Crippen molar-refractivity contribution < 1.29 is 28.3 Å². The SMILES string of the molecule is COC(=O)c1ccc(-n2c(C)cc(/C=C3\SC(=O)N(CC(=O)Nc4ccc(F)cc4)C3=O)c2C)cc1. The molecule has 4 rings (SSSR count). The molecule has 2 aromatic carbocycles. The normalized spacial score (nSPS) is 14.4. The van der Waals surface area contributed by atoms with Crippen LogP contribution in [0.1, 0.15) is 27.3 Å². The zero-order valence-electron chi connectivity index (χ0n) is 19.7. The van der Waals surface area contributed by atoms with Gasteiger partial charge in [-0.15, -0.1) is 0 Å². The molecule has 0 spiro atoms. The van der Waals surface area contributed by atoms with Gasteiger partial charge in [-0.05, 0) is 91.8 Å². The molecule has 3 aromatic rings. The standard InChI is InChI=1S/C26H22FN3O5S/c1-15-12-18(16(2)30(15)21-10-4-17(5-11-21)25(33)35-3)13-22-24(32)29(26(34)36-22)14-23(31)28-20-8-6-19(27)7-9-20/h4-13H,14H2,1-3H3,(H,28,31)/b22-13-. The van der Waals surface area contributed by atoms with E-state index >= 15 is 0 Å². The largest absolute Gasteiger partial charge is 0.465 e. The molecule has 2 heterocycles. The number of rotatable bonds is 6. The number of carbonyl (C=O) groups excluding carboxylic acids is 4. The van der Waals surface area contributed by atoms with Crippen molar-refractivity contribution in [3.8, 4) is 5.69 Å². The van der Waals surface area contributed by atoms with Crippen LogP contribution in [0, 0.1) is 19.7 Å². The first-order valence-corrected chi connectivity index (χ1v) is 11.7. The Balaban J connectivity index is 1.51. The summed E-state index contributed by atoms with van der Waals surface area (Å²) in [5, 5.41) is 1.99. The van der Waals surface area contributed by atoms with Gasteiger partial charge in [0.1, 0.15) is 12.4 Å². The molecule has 1 aromatic heterocycles. The molecule has 3 amide bonds. The number of imide groups is 1. The number of benzene rings is 2. The smallest absolute Gasteiger partial charge is 0.337 e. The van der Waals surface area contributed by atoms with Gasteiger partial charge in [-0.1, -0.05) is 0 Å². The van der Waals surface area contributed by atoms with Gasteiger partial charge in [0.15, 0.2) is 0 Å². The van der Waals surface area contributed by atoms with Gasteiger partial charge in [0.2, 0.25) is 5.91 Å². The fraction of sp³-hybridized carbons (Fsp3) is 0.154. The highest BCUT2D eigenvalue weighted by Gasteiger charge is 2.36. The number of aromatic nitrogens is 1. The summed E-state index contributed by atoms with van der Waals surface area (Å²) in [5.74, 6) is -2.00. The number of hydrogen-bond donors (Lipinski definition) is 1. The van der Waals surface area contributed by atoms with Gasteiger partial charge in [0.25, 0.3) is 11.1 Å². The lowest BCUT2D eigenvalue weighted by atomic mass is 10.2. The van der Waals surface area contributed by atoms with Crippen LogP contribution in [0.25, 0.3) is 11.8 Å². The molecule has 8 nitrogen and oxygen atoms in total. The first-order chi connectivity index (χ1) is 17.2. The number of halogens is 1. The quantitative estimate of drug-likeness (QED) is 0.384. The summed E-state index contributed by atoms with van der Waals surface area (Å²) >= 11 is 0.762. The molecule has 1 saturated heterocycles. The average Bonchev–Trinajstić information content (AvgIpc) is 3.29. The molecular formula is C26H22FN3O5S. The second-order valence-electron chi connectivity index (χ2n) is 8.02. The van der Waals surface area contributed by atoms with E-state index in [1.54, 1.807) is 30.3 Å². The van der Waals surface area contributed by atoms with Crippen LogP contribution in [0.15, 0.2) is 59.5 Å². The number of esters is 1. The maximum absolute atomic E-state index is 13.0. The van der Waals surface area contributed by atoms with Crippen molar-refractivity contribution in [2.45, 2.75) is 13.8 Å². The summed E-state index contributed by atoms with van der Waals surface area (Å²) in [5.41, 5.74) is 4.08. The number of methoxy groups -OCH3 is 1. The lowest BCUT2D eigenvalue weighted by Crippen LogP contribution is -2.36. The van der Waals surface area contributed by atoms with Crippen LogP contribution in [0.5, 0.6) is 0 Å². The van der Waals surface area contributed by atoms with E-state index in [4.69, 9.17) is 4.74 Å². The molecule has 1 aliphatic heterocycles. The van der Waals surface area contributed by atoms with Crippen LogP contribution in [-0.4, -0.2) is 46.1 Å². The lowest BCUT2D eigenvalue weighted by molar-refractivity contribution is -0.127. The minimum Gasteiger partial charge on any atom is -0.465 e. The minimum absolute atomic E-state index is 0.205. The number of amides is 3. The molecule has 1 aliphatic rings. The van der Waals surface area contributed by atoms with Crippen molar-refractivity contribution in [1.29, 1.82) is 0 Å². The Morgan fingerprint density at radius 2 is 1.72 bits per heavy atom. The van der Waals surface area contributed by atoms with Gasteiger partial charge in [-0.2, -0.15) is 0 Å². The Kier molecular flexibility index (Phi) is 7.07. The maximum Gasteiger partial charge on any atom is 0.337 e. The highest BCUT2D eigenvalue weighted by molar-refractivity contribution is 8.18. The molecule has 0 radical (unpaired) electrons. The van der Waals surface area contributed by atoms with Crippen LogP contribution < -0.4 is 5.32 Å². The van der Waals surface area contributed by atoms with Gasteiger partial charge in [0, 0.05) is 22.8 Å². The van der Waals surface area contributed by atoms with Crippen molar-refractivity contribution in [2.75, 3.05) is 19.0 Å². The van der Waals surface area contributed by atoms with E-state index in [0.29, 0.717) is 11.3 Å². The van der Waals surface area contributed by atoms with E-state index in [9.17, 15) is 23.6 Å². The molecule has 0 saturated carbocycles. The Morgan fingerprint density at radius 3 is 2.36 bits per heavy atom. The molecule has 36 heavy (non-hydrogen) atoms. The van der Waals surface area contributed by atoms with Gasteiger partial charge >= 0.3 is 5.97 Å². The van der Waals surface area contributed by atoms with Crippen molar-refractivity contribution in [3.05, 3.63) is 87.8 Å². The molecule has 0 bridgehead atoms. The predicted molar refractivity (Wildman–Crippen MR) is 134 cm³/mol. The van der Waals surface area contributed by atoms with Crippen LogP contribution in [0.3, 0.4) is 0 Å². The van der Waals surface area contributed by atoms with Gasteiger partial charge in [-0.3, -0.25) is 19.3 Å². The van der Waals surface area contributed by atoms with E-state index < -0.39 is 35.4 Å². The Bertz CT molecular complexity index is 1390. The Labute approximate surface area is 210 Å². The van der Waals surface area contributed by atoms with Crippen molar-refractivity contribution in [3.63, 3.8) is 0 Å². The van der Waals surface area contributed by atoms with Crippen LogP contribution in [0.4, 0.5) is 14.9 Å². The minimum atomic E-state index is -0.571. The van der Waals surface area contributed by atoms with E-state index in [2.05, 4.69) is 5.32 Å². The second-order valence-corrected chi connectivity index (χ2v) is 9.02. The van der Waals surface area contributed by atoms with Crippen molar-refractivity contribution in [2.24, 2.45) is 0 Å². The highest BCUT2D eigenvalue weighted by atomic mass is 32.2. The van der Waals surface area contributed by atoms with E-state index in [-0.39, 0.29) is 4.91 Å². The first-order valence-electron chi connectivity index (χ1n) is 10.9. The fourth-order valence-corrected chi connectivity index (χ4v) is 4.68. The summed E-state index contributed by atoms with van der Waals surface area (Å²) in [4.78, 5) is 50.5. The van der Waals surface area contributed by atoms with E-state index in [1.807, 2.05) is 24.5 Å². The second kappa shape index (κ2) is 10.2. The third-order valence-electron chi connectivity index (χ3n) is 5.61. The van der Waals surface area contributed by atoms with Crippen molar-refractivity contribution >= 4 is 46.5 Å². The zero-order valence-corrected chi connectivity index (χ0v) is 20.5. The molecule has 0 atom stereocenters. The molecule has 1 N–H and O–H groups in total. The number of carbonyl (C=O) groups is 4. The molecule has 0 aliphatic carbocycles. The number of ether oxygens (including phenoxy) is 1. The monoisotopic (exact) mass is 507 g/mol.